The molecule has 0 saturated heterocycles. The Balaban J connectivity index is 4.29. The van der Waals surface area contributed by atoms with Crippen molar-refractivity contribution in [2.45, 2.75) is 174 Å². The van der Waals surface area contributed by atoms with Gasteiger partial charge in [-0.05, 0) is 51.4 Å². The molecule has 0 aromatic heterocycles. The summed E-state index contributed by atoms with van der Waals surface area (Å²) in [5.41, 5.74) is 5.34. The third kappa shape index (κ3) is 40.9. The number of nitrogens with two attached hydrogens (primary N) is 1. The highest BCUT2D eigenvalue weighted by Crippen LogP contribution is 2.43. The number of phosphoric ester groups is 1. The van der Waals surface area contributed by atoms with Crippen LogP contribution in [0.25, 0.3) is 0 Å². The highest BCUT2D eigenvalue weighted by Gasteiger charge is 2.25. The number of esters is 2. The molecule has 10 heteroatoms. The average molecular weight is 792 g/mol. The van der Waals surface area contributed by atoms with Crippen molar-refractivity contribution in [3.05, 3.63) is 72.9 Å². The summed E-state index contributed by atoms with van der Waals surface area (Å²) in [6.45, 7) is 3.53. The lowest BCUT2D eigenvalue weighted by atomic mass is 10.0. The van der Waals surface area contributed by atoms with E-state index in [0.29, 0.717) is 12.8 Å². The number of carbonyl (C=O) groups excluding carboxylic acids is 2. The van der Waals surface area contributed by atoms with Crippen LogP contribution in [0.3, 0.4) is 0 Å². The van der Waals surface area contributed by atoms with Crippen LogP contribution in [-0.2, 0) is 32.7 Å². The first-order chi connectivity index (χ1) is 26.8. The summed E-state index contributed by atoms with van der Waals surface area (Å²) in [4.78, 5) is 34.8. The smallest absolute Gasteiger partial charge is 0.462 e. The van der Waals surface area contributed by atoms with Crippen LogP contribution in [0.4, 0.5) is 0 Å². The molecule has 0 aromatic rings. The quantitative estimate of drug-likeness (QED) is 0.0270. The number of unbranched alkanes of at least 4 members (excludes halogenated alkanes) is 14. The molecule has 0 aromatic carbocycles. The van der Waals surface area contributed by atoms with E-state index in [1.165, 1.54) is 70.6 Å². The van der Waals surface area contributed by atoms with Gasteiger partial charge >= 0.3 is 19.8 Å². The molecule has 0 bridgehead atoms. The minimum absolute atomic E-state index is 0.0416. The first-order valence-corrected chi connectivity index (χ1v) is 22.9. The summed E-state index contributed by atoms with van der Waals surface area (Å²) < 4.78 is 32.7. The molecule has 0 aliphatic heterocycles. The number of allylic oxidation sites excluding steroid dienone is 12. The Kier molecular flexibility index (Phi) is 39.2. The molecule has 1 unspecified atom stereocenters. The average Bonchev–Trinajstić information content (AvgIpc) is 3.17. The lowest BCUT2D eigenvalue weighted by Gasteiger charge is -2.19. The molecule has 9 nitrogen and oxygen atoms in total. The van der Waals surface area contributed by atoms with Crippen LogP contribution >= 0.6 is 7.82 Å². The number of carbonyl (C=O) groups is 2. The Morgan fingerprint density at radius 2 is 1.00 bits per heavy atom. The molecule has 0 saturated carbocycles. The molecule has 0 heterocycles. The van der Waals surface area contributed by atoms with Gasteiger partial charge in [0, 0.05) is 19.4 Å². The second-order valence-electron chi connectivity index (χ2n) is 13.8. The van der Waals surface area contributed by atoms with Gasteiger partial charge in [0.15, 0.2) is 6.10 Å². The SMILES string of the molecule is CCC=CCC=CCC=CCC=CCC=CCC=CCCC(=O)OC[C@H](COP(=O)(O)OCCN)OC(=O)CCCCCCCCCCCCCCCCC. The number of rotatable bonds is 39. The molecular formula is C45H78NO8P. The third-order valence-electron chi connectivity index (χ3n) is 8.62. The van der Waals surface area contributed by atoms with E-state index in [1.54, 1.807) is 0 Å². The van der Waals surface area contributed by atoms with E-state index in [9.17, 15) is 19.0 Å². The Bertz CT molecular complexity index is 1130. The van der Waals surface area contributed by atoms with Crippen LogP contribution in [-0.4, -0.2) is 49.3 Å². The Hall–Kier alpha value is -2.55. The predicted octanol–water partition coefficient (Wildman–Crippen LogP) is 12.3. The largest absolute Gasteiger partial charge is 0.472 e. The highest BCUT2D eigenvalue weighted by molar-refractivity contribution is 7.47. The van der Waals surface area contributed by atoms with E-state index >= 15 is 0 Å². The van der Waals surface area contributed by atoms with Crippen LogP contribution in [0.1, 0.15) is 168 Å². The first kappa shape index (κ1) is 52.5. The van der Waals surface area contributed by atoms with Crippen molar-refractivity contribution in [2.75, 3.05) is 26.4 Å². The second kappa shape index (κ2) is 41.1. The summed E-state index contributed by atoms with van der Waals surface area (Å²) in [5.74, 6) is -0.928. The van der Waals surface area contributed by atoms with Crippen molar-refractivity contribution in [1.29, 1.82) is 0 Å². The molecule has 0 aliphatic rings. The van der Waals surface area contributed by atoms with Gasteiger partial charge in [0.2, 0.25) is 0 Å². The van der Waals surface area contributed by atoms with Gasteiger partial charge in [0.25, 0.3) is 0 Å². The first-order valence-electron chi connectivity index (χ1n) is 21.4. The lowest BCUT2D eigenvalue weighted by molar-refractivity contribution is -0.161. The Morgan fingerprint density at radius 1 is 0.564 bits per heavy atom. The van der Waals surface area contributed by atoms with Gasteiger partial charge in [-0.3, -0.25) is 18.6 Å². The molecule has 0 amide bonds. The van der Waals surface area contributed by atoms with E-state index in [-0.39, 0.29) is 32.6 Å². The molecule has 0 radical (unpaired) electrons. The fourth-order valence-corrected chi connectivity index (χ4v) is 6.25. The molecule has 316 valence electrons. The van der Waals surface area contributed by atoms with Crippen LogP contribution in [0.15, 0.2) is 72.9 Å². The van der Waals surface area contributed by atoms with Crippen molar-refractivity contribution < 1.29 is 37.6 Å². The number of hydrogen-bond donors (Lipinski definition) is 2. The summed E-state index contributed by atoms with van der Waals surface area (Å²) in [5, 5.41) is 0. The van der Waals surface area contributed by atoms with Crippen molar-refractivity contribution in [1.82, 2.24) is 0 Å². The highest BCUT2D eigenvalue weighted by atomic mass is 31.2. The zero-order chi connectivity index (χ0) is 40.3. The molecular weight excluding hydrogens is 713 g/mol. The van der Waals surface area contributed by atoms with Gasteiger partial charge in [0.1, 0.15) is 6.61 Å². The molecule has 2 atom stereocenters. The van der Waals surface area contributed by atoms with Crippen LogP contribution in [0.2, 0.25) is 0 Å². The Morgan fingerprint density at radius 3 is 1.45 bits per heavy atom. The van der Waals surface area contributed by atoms with E-state index < -0.39 is 32.5 Å². The van der Waals surface area contributed by atoms with Gasteiger partial charge in [0.05, 0.1) is 13.2 Å². The van der Waals surface area contributed by atoms with Crippen LogP contribution < -0.4 is 5.73 Å². The standard InChI is InChI=1S/C45H78NO8P/c1-3-5-7-9-11-13-15-17-19-20-21-22-24-25-27-29-31-33-35-37-44(47)51-41-43(42-53-55(49,50)52-40-39-46)54-45(48)38-36-34-32-30-28-26-23-18-16-14-12-10-8-6-4-2/h5,7,11,13,17,19,21-22,25,27,31,33,43H,3-4,6,8-10,12,14-16,18,20,23-24,26,28-30,32,34-42,46H2,1-2H3,(H,49,50)/t43-/m1/s1. The minimum atomic E-state index is -4.39. The van der Waals surface area contributed by atoms with E-state index in [0.717, 1.165) is 57.8 Å². The summed E-state index contributed by atoms with van der Waals surface area (Å²) in [7, 11) is -4.39. The van der Waals surface area contributed by atoms with E-state index in [2.05, 4.69) is 74.6 Å². The van der Waals surface area contributed by atoms with Crippen LogP contribution in [0.5, 0.6) is 0 Å². The van der Waals surface area contributed by atoms with E-state index in [4.69, 9.17) is 24.3 Å². The van der Waals surface area contributed by atoms with Crippen molar-refractivity contribution in [2.24, 2.45) is 5.73 Å². The molecule has 0 fully saturated rings. The number of phosphoric acid groups is 1. The predicted molar refractivity (Wildman–Crippen MR) is 229 cm³/mol. The molecule has 55 heavy (non-hydrogen) atoms. The minimum Gasteiger partial charge on any atom is -0.462 e. The van der Waals surface area contributed by atoms with Crippen LogP contribution in [0, 0.1) is 0 Å². The van der Waals surface area contributed by atoms with Gasteiger partial charge in [-0.1, -0.05) is 177 Å². The maximum Gasteiger partial charge on any atom is 0.472 e. The van der Waals surface area contributed by atoms with Crippen molar-refractivity contribution in [3.8, 4) is 0 Å². The normalized spacial score (nSPS) is 14.0. The maximum absolute atomic E-state index is 12.6. The second-order valence-corrected chi connectivity index (χ2v) is 15.3. The van der Waals surface area contributed by atoms with E-state index in [1.807, 2.05) is 12.2 Å². The van der Waals surface area contributed by atoms with Gasteiger partial charge in [-0.25, -0.2) is 4.57 Å². The summed E-state index contributed by atoms with van der Waals surface area (Å²) in [6.07, 6.45) is 49.4. The fraction of sp³-hybridized carbons (Fsp3) is 0.689. The van der Waals surface area contributed by atoms with Gasteiger partial charge < -0.3 is 20.1 Å². The molecule has 0 aliphatic carbocycles. The number of hydrogen-bond acceptors (Lipinski definition) is 8. The zero-order valence-electron chi connectivity index (χ0n) is 34.6. The maximum atomic E-state index is 12.6. The number of ether oxygens (including phenoxy) is 2. The molecule has 3 N–H and O–H groups in total. The fourth-order valence-electron chi connectivity index (χ4n) is 5.48. The Labute approximate surface area is 335 Å². The van der Waals surface area contributed by atoms with Gasteiger partial charge in [-0.2, -0.15) is 0 Å². The summed E-state index contributed by atoms with van der Waals surface area (Å²) >= 11 is 0. The van der Waals surface area contributed by atoms with Gasteiger partial charge in [-0.15, -0.1) is 0 Å². The third-order valence-corrected chi connectivity index (χ3v) is 9.60. The molecule has 0 rings (SSSR count). The summed E-state index contributed by atoms with van der Waals surface area (Å²) in [6, 6.07) is 0. The molecule has 0 spiro atoms. The monoisotopic (exact) mass is 792 g/mol. The zero-order valence-corrected chi connectivity index (χ0v) is 35.5. The topological polar surface area (TPSA) is 134 Å². The lowest BCUT2D eigenvalue weighted by Crippen LogP contribution is -2.29. The van der Waals surface area contributed by atoms with Crippen molar-refractivity contribution in [3.63, 3.8) is 0 Å². The van der Waals surface area contributed by atoms with Crippen molar-refractivity contribution >= 4 is 19.8 Å².